The molecule has 0 aliphatic heterocycles. The van der Waals surface area contributed by atoms with Gasteiger partial charge >= 0.3 is 5.97 Å². The van der Waals surface area contributed by atoms with E-state index in [0.29, 0.717) is 0 Å². The zero-order valence-electron chi connectivity index (χ0n) is 5.35. The molecular formula is C6H9O3. The highest BCUT2D eigenvalue weighted by atomic mass is 16.5. The third-order valence-electron chi connectivity index (χ3n) is 0.848. The molecule has 0 rings (SSSR count). The molecule has 3 heteroatoms. The number of methoxy groups -OCH3 is 1. The Balaban J connectivity index is 3.47. The Labute approximate surface area is 54.0 Å². The SMILES string of the molecule is [CH2]CC(=O)CC(=O)OC. The van der Waals surface area contributed by atoms with E-state index in [1.165, 1.54) is 7.11 Å². The summed E-state index contributed by atoms with van der Waals surface area (Å²) in [7, 11) is 1.25. The number of ketones is 1. The van der Waals surface area contributed by atoms with Crippen molar-refractivity contribution in [3.63, 3.8) is 0 Å². The molecule has 0 aromatic carbocycles. The number of hydrogen-bond acceptors (Lipinski definition) is 3. The summed E-state index contributed by atoms with van der Waals surface area (Å²) in [5.41, 5.74) is 0. The van der Waals surface area contributed by atoms with Crippen LogP contribution < -0.4 is 0 Å². The molecule has 0 aromatic rings. The third kappa shape index (κ3) is 3.70. The molecule has 1 radical (unpaired) electrons. The predicted molar refractivity (Wildman–Crippen MR) is 31.6 cm³/mol. The molecule has 0 amide bonds. The van der Waals surface area contributed by atoms with Crippen molar-refractivity contribution < 1.29 is 14.3 Å². The Morgan fingerprint density at radius 1 is 1.56 bits per heavy atom. The summed E-state index contributed by atoms with van der Waals surface area (Å²) in [5.74, 6) is -0.689. The second-order valence-corrected chi connectivity index (χ2v) is 1.54. The molecule has 0 N–H and O–H groups in total. The fraction of sp³-hybridized carbons (Fsp3) is 0.500. The summed E-state index contributed by atoms with van der Waals surface area (Å²) in [6.45, 7) is 3.32. The maximum absolute atomic E-state index is 10.4. The van der Waals surface area contributed by atoms with Gasteiger partial charge in [0.15, 0.2) is 0 Å². The summed E-state index contributed by atoms with van der Waals surface area (Å²) in [6.07, 6.45) is -0.00486. The Morgan fingerprint density at radius 2 is 2.11 bits per heavy atom. The number of carbonyl (C=O) groups excluding carboxylic acids is 2. The van der Waals surface area contributed by atoms with E-state index in [1.807, 2.05) is 0 Å². The molecule has 0 heterocycles. The lowest BCUT2D eigenvalue weighted by Crippen LogP contribution is -2.07. The monoisotopic (exact) mass is 129 g/mol. The largest absolute Gasteiger partial charge is 0.469 e. The number of esters is 1. The summed E-state index contributed by atoms with van der Waals surface area (Å²) < 4.78 is 4.24. The van der Waals surface area contributed by atoms with E-state index in [-0.39, 0.29) is 18.6 Å². The number of Topliss-reactive ketones (excluding diaryl/α,β-unsaturated/α-hetero) is 1. The van der Waals surface area contributed by atoms with Crippen molar-refractivity contribution in [3.8, 4) is 0 Å². The van der Waals surface area contributed by atoms with Crippen molar-refractivity contribution in [2.75, 3.05) is 7.11 Å². The Hall–Kier alpha value is -0.860. The van der Waals surface area contributed by atoms with E-state index in [4.69, 9.17) is 0 Å². The van der Waals surface area contributed by atoms with Gasteiger partial charge in [-0.3, -0.25) is 9.59 Å². The quantitative estimate of drug-likeness (QED) is 0.407. The highest BCUT2D eigenvalue weighted by Gasteiger charge is 2.05. The van der Waals surface area contributed by atoms with Gasteiger partial charge < -0.3 is 4.74 Å². The molecule has 0 bridgehead atoms. The summed E-state index contributed by atoms with van der Waals surface area (Å²) in [4.78, 5) is 20.7. The van der Waals surface area contributed by atoms with Gasteiger partial charge in [0.25, 0.3) is 0 Å². The van der Waals surface area contributed by atoms with Crippen LogP contribution in [0.25, 0.3) is 0 Å². The van der Waals surface area contributed by atoms with Crippen LogP contribution in [0.1, 0.15) is 12.8 Å². The van der Waals surface area contributed by atoms with Crippen LogP contribution in [0.2, 0.25) is 0 Å². The zero-order chi connectivity index (χ0) is 7.28. The predicted octanol–water partition coefficient (Wildman–Crippen LogP) is 0.343. The first-order valence-corrected chi connectivity index (χ1v) is 2.58. The van der Waals surface area contributed by atoms with Crippen LogP contribution in [0.5, 0.6) is 0 Å². The van der Waals surface area contributed by atoms with Crippen molar-refractivity contribution in [2.45, 2.75) is 12.8 Å². The average Bonchev–Trinajstić information content (AvgIpc) is 1.87. The van der Waals surface area contributed by atoms with Crippen LogP contribution in [-0.4, -0.2) is 18.9 Å². The smallest absolute Gasteiger partial charge is 0.313 e. The molecule has 3 nitrogen and oxygen atoms in total. The van der Waals surface area contributed by atoms with Crippen LogP contribution in [0.3, 0.4) is 0 Å². The Kier molecular flexibility index (Phi) is 3.67. The minimum atomic E-state index is -0.497. The van der Waals surface area contributed by atoms with Crippen LogP contribution >= 0.6 is 0 Å². The molecular weight excluding hydrogens is 120 g/mol. The van der Waals surface area contributed by atoms with Crippen molar-refractivity contribution in [3.05, 3.63) is 6.92 Å². The molecule has 0 aliphatic rings. The van der Waals surface area contributed by atoms with Gasteiger partial charge in [0.1, 0.15) is 12.2 Å². The summed E-state index contributed by atoms with van der Waals surface area (Å²) in [5, 5.41) is 0. The molecule has 0 atom stereocenters. The van der Waals surface area contributed by atoms with Gasteiger partial charge in [-0.1, -0.05) is 0 Å². The maximum atomic E-state index is 10.4. The van der Waals surface area contributed by atoms with Crippen molar-refractivity contribution in [2.24, 2.45) is 0 Å². The third-order valence-corrected chi connectivity index (χ3v) is 0.848. The van der Waals surface area contributed by atoms with Gasteiger partial charge in [0, 0.05) is 6.42 Å². The Bertz CT molecular complexity index is 103. The summed E-state index contributed by atoms with van der Waals surface area (Å²) >= 11 is 0. The van der Waals surface area contributed by atoms with Crippen molar-refractivity contribution >= 4 is 11.8 Å². The standard InChI is InChI=1S/C6H9O3/c1-3-5(7)4-6(8)9-2/h1,3-4H2,2H3. The van der Waals surface area contributed by atoms with Crippen molar-refractivity contribution in [1.29, 1.82) is 0 Å². The van der Waals surface area contributed by atoms with Gasteiger partial charge in [-0.2, -0.15) is 0 Å². The van der Waals surface area contributed by atoms with Crippen LogP contribution in [0.4, 0.5) is 0 Å². The highest BCUT2D eigenvalue weighted by molar-refractivity contribution is 5.95. The molecule has 0 saturated heterocycles. The van der Waals surface area contributed by atoms with E-state index >= 15 is 0 Å². The van der Waals surface area contributed by atoms with Crippen LogP contribution in [-0.2, 0) is 14.3 Å². The minimum Gasteiger partial charge on any atom is -0.469 e. The van der Waals surface area contributed by atoms with Gasteiger partial charge in [-0.15, -0.1) is 0 Å². The molecule has 0 spiro atoms. The first kappa shape index (κ1) is 8.14. The number of ether oxygens (including phenoxy) is 1. The topological polar surface area (TPSA) is 43.4 Å². The first-order valence-electron chi connectivity index (χ1n) is 2.58. The van der Waals surface area contributed by atoms with Gasteiger partial charge in [0.05, 0.1) is 7.11 Å². The zero-order valence-corrected chi connectivity index (χ0v) is 5.35. The van der Waals surface area contributed by atoms with Crippen molar-refractivity contribution in [1.82, 2.24) is 0 Å². The molecule has 0 aromatic heterocycles. The van der Waals surface area contributed by atoms with E-state index in [9.17, 15) is 9.59 Å². The Morgan fingerprint density at radius 3 is 2.44 bits per heavy atom. The van der Waals surface area contributed by atoms with E-state index in [0.717, 1.165) is 0 Å². The van der Waals surface area contributed by atoms with E-state index < -0.39 is 5.97 Å². The first-order chi connectivity index (χ1) is 4.20. The molecule has 51 valence electrons. The van der Waals surface area contributed by atoms with Crippen LogP contribution in [0, 0.1) is 6.92 Å². The molecule has 9 heavy (non-hydrogen) atoms. The molecule has 0 fully saturated rings. The van der Waals surface area contributed by atoms with Gasteiger partial charge in [-0.25, -0.2) is 0 Å². The van der Waals surface area contributed by atoms with Gasteiger partial charge in [-0.05, 0) is 6.92 Å². The average molecular weight is 129 g/mol. The molecule has 0 aliphatic carbocycles. The normalized spacial score (nSPS) is 8.67. The van der Waals surface area contributed by atoms with Gasteiger partial charge in [0.2, 0.25) is 0 Å². The lowest BCUT2D eigenvalue weighted by Gasteiger charge is -1.93. The fourth-order valence-corrected chi connectivity index (χ4v) is 0.322. The number of hydrogen-bond donors (Lipinski definition) is 0. The maximum Gasteiger partial charge on any atom is 0.313 e. The molecule has 0 unspecified atom stereocenters. The number of carbonyl (C=O) groups is 2. The highest BCUT2D eigenvalue weighted by Crippen LogP contribution is 1.89. The van der Waals surface area contributed by atoms with E-state index in [2.05, 4.69) is 11.7 Å². The molecule has 0 saturated carbocycles. The lowest BCUT2D eigenvalue weighted by molar-refractivity contribution is -0.143. The number of rotatable bonds is 3. The fourth-order valence-electron chi connectivity index (χ4n) is 0.322. The second-order valence-electron chi connectivity index (χ2n) is 1.54. The van der Waals surface area contributed by atoms with E-state index in [1.54, 1.807) is 0 Å². The summed E-state index contributed by atoms with van der Waals surface area (Å²) in [6, 6.07) is 0. The van der Waals surface area contributed by atoms with Crippen LogP contribution in [0.15, 0.2) is 0 Å². The minimum absolute atomic E-state index is 0.148. The lowest BCUT2D eigenvalue weighted by atomic mass is 10.2. The second kappa shape index (κ2) is 4.06.